The summed E-state index contributed by atoms with van der Waals surface area (Å²) < 4.78 is 22.8. The zero-order valence-corrected chi connectivity index (χ0v) is 54.6. The van der Waals surface area contributed by atoms with Crippen LogP contribution in [0.2, 0.25) is 0 Å². The van der Waals surface area contributed by atoms with Crippen LogP contribution >= 0.6 is 0 Å². The lowest BCUT2D eigenvalue weighted by Gasteiger charge is -2.46. The van der Waals surface area contributed by atoms with Gasteiger partial charge in [0.1, 0.15) is 48.8 Å². The number of allylic oxidation sites excluding steroid dienone is 9. The van der Waals surface area contributed by atoms with Gasteiger partial charge in [0.2, 0.25) is 5.91 Å². The summed E-state index contributed by atoms with van der Waals surface area (Å²) in [7, 11) is 0. The van der Waals surface area contributed by atoms with E-state index >= 15 is 0 Å². The van der Waals surface area contributed by atoms with Gasteiger partial charge in [-0.2, -0.15) is 0 Å². The predicted octanol–water partition coefficient (Wildman–Crippen LogP) is 14.5. The molecule has 502 valence electrons. The van der Waals surface area contributed by atoms with Crippen molar-refractivity contribution in [2.75, 3.05) is 19.8 Å². The molecule has 14 heteroatoms. The van der Waals surface area contributed by atoms with Gasteiger partial charge < -0.3 is 65.1 Å². The van der Waals surface area contributed by atoms with Crippen molar-refractivity contribution in [2.24, 2.45) is 0 Å². The van der Waals surface area contributed by atoms with Gasteiger partial charge in [-0.3, -0.25) is 4.79 Å². The minimum atomic E-state index is -1.79. The zero-order chi connectivity index (χ0) is 62.3. The first-order valence-electron chi connectivity index (χ1n) is 35.5. The lowest BCUT2D eigenvalue weighted by molar-refractivity contribution is -0.359. The van der Waals surface area contributed by atoms with Gasteiger partial charge in [0, 0.05) is 6.42 Å². The summed E-state index contributed by atoms with van der Waals surface area (Å²) >= 11 is 0. The second kappa shape index (κ2) is 56.7. The molecule has 0 radical (unpaired) electrons. The van der Waals surface area contributed by atoms with Crippen molar-refractivity contribution >= 4 is 5.91 Å². The average molecular weight is 1220 g/mol. The van der Waals surface area contributed by atoms with Gasteiger partial charge in [-0.05, 0) is 70.6 Å². The van der Waals surface area contributed by atoms with Crippen LogP contribution in [0.5, 0.6) is 0 Å². The highest BCUT2D eigenvalue weighted by atomic mass is 16.7. The van der Waals surface area contributed by atoms with Crippen LogP contribution in [0.4, 0.5) is 0 Å². The molecule has 1 amide bonds. The smallest absolute Gasteiger partial charge is 0.220 e. The molecule has 9 N–H and O–H groups in total. The topological polar surface area (TPSA) is 228 Å². The second-order valence-electron chi connectivity index (χ2n) is 25.0. The van der Waals surface area contributed by atoms with Crippen LogP contribution in [0.3, 0.4) is 0 Å². The molecule has 14 nitrogen and oxygen atoms in total. The number of rotatable bonds is 58. The molecule has 2 fully saturated rings. The normalized spacial score (nSPS) is 23.7. The molecule has 12 unspecified atom stereocenters. The summed E-state index contributed by atoms with van der Waals surface area (Å²) in [5.41, 5.74) is 0. The van der Waals surface area contributed by atoms with Gasteiger partial charge in [0.15, 0.2) is 12.6 Å². The minimum Gasteiger partial charge on any atom is -0.394 e. The van der Waals surface area contributed by atoms with Gasteiger partial charge in [-0.1, -0.05) is 280 Å². The fraction of sp³-hybridized carbons (Fsp3) is 0.847. The van der Waals surface area contributed by atoms with E-state index in [1.807, 2.05) is 6.08 Å². The number of nitrogens with one attached hydrogen (secondary N) is 1. The molecule has 2 aliphatic heterocycles. The fourth-order valence-electron chi connectivity index (χ4n) is 11.5. The molecule has 0 aromatic heterocycles. The average Bonchev–Trinajstić information content (AvgIpc) is 1.83. The maximum Gasteiger partial charge on any atom is 0.220 e. The molecule has 0 aromatic carbocycles. The van der Waals surface area contributed by atoms with Crippen molar-refractivity contribution in [1.82, 2.24) is 5.32 Å². The molecule has 2 rings (SSSR count). The third-order valence-electron chi connectivity index (χ3n) is 17.2. The Hall–Kier alpha value is -2.31. The Labute approximate surface area is 524 Å². The van der Waals surface area contributed by atoms with E-state index in [4.69, 9.17) is 18.9 Å². The molecule has 2 saturated heterocycles. The van der Waals surface area contributed by atoms with E-state index in [9.17, 15) is 45.6 Å². The lowest BCUT2D eigenvalue weighted by Crippen LogP contribution is -2.65. The van der Waals surface area contributed by atoms with Crippen LogP contribution in [0.1, 0.15) is 296 Å². The van der Waals surface area contributed by atoms with Crippen LogP contribution in [0, 0.1) is 0 Å². The van der Waals surface area contributed by atoms with Gasteiger partial charge in [-0.15, -0.1) is 0 Å². The van der Waals surface area contributed by atoms with Crippen molar-refractivity contribution in [3.63, 3.8) is 0 Å². The van der Waals surface area contributed by atoms with E-state index in [2.05, 4.69) is 67.8 Å². The van der Waals surface area contributed by atoms with Crippen LogP contribution in [0.15, 0.2) is 60.8 Å². The van der Waals surface area contributed by atoms with E-state index in [1.54, 1.807) is 6.08 Å². The Morgan fingerprint density at radius 1 is 0.419 bits per heavy atom. The monoisotopic (exact) mass is 1220 g/mol. The van der Waals surface area contributed by atoms with Crippen molar-refractivity contribution in [3.05, 3.63) is 60.8 Å². The van der Waals surface area contributed by atoms with E-state index in [0.29, 0.717) is 12.8 Å². The van der Waals surface area contributed by atoms with Crippen molar-refractivity contribution in [2.45, 2.75) is 370 Å². The molecule has 0 spiro atoms. The van der Waals surface area contributed by atoms with Crippen molar-refractivity contribution < 1.29 is 64.6 Å². The summed E-state index contributed by atoms with van der Waals surface area (Å²) in [5, 5.41) is 87.2. The van der Waals surface area contributed by atoms with E-state index in [-0.39, 0.29) is 18.9 Å². The van der Waals surface area contributed by atoms with Crippen LogP contribution in [-0.4, -0.2) is 140 Å². The molecule has 2 aliphatic rings. The first kappa shape index (κ1) is 79.8. The molecule has 86 heavy (non-hydrogen) atoms. The van der Waals surface area contributed by atoms with E-state index < -0.39 is 86.8 Å². The third kappa shape index (κ3) is 40.4. The lowest BCUT2D eigenvalue weighted by atomic mass is 9.97. The Morgan fingerprint density at radius 2 is 0.779 bits per heavy atom. The largest absolute Gasteiger partial charge is 0.394 e. The number of carbonyl (C=O) groups excluding carboxylic acids is 1. The van der Waals surface area contributed by atoms with Crippen LogP contribution < -0.4 is 5.32 Å². The molecule has 2 heterocycles. The first-order chi connectivity index (χ1) is 42.1. The first-order valence-corrected chi connectivity index (χ1v) is 35.5. The maximum atomic E-state index is 13.3. The number of hydrogen-bond acceptors (Lipinski definition) is 13. The minimum absolute atomic E-state index is 0.246. The van der Waals surface area contributed by atoms with Gasteiger partial charge in [0.25, 0.3) is 0 Å². The van der Waals surface area contributed by atoms with Crippen molar-refractivity contribution in [1.29, 1.82) is 0 Å². The summed E-state index contributed by atoms with van der Waals surface area (Å²) in [6.07, 6.45) is 58.7. The highest BCUT2D eigenvalue weighted by molar-refractivity contribution is 5.76. The summed E-state index contributed by atoms with van der Waals surface area (Å²) in [5.74, 6) is -0.246. The van der Waals surface area contributed by atoms with E-state index in [1.165, 1.54) is 218 Å². The van der Waals surface area contributed by atoms with Crippen LogP contribution in [-0.2, 0) is 23.7 Å². The Morgan fingerprint density at radius 3 is 1.22 bits per heavy atom. The van der Waals surface area contributed by atoms with Gasteiger partial charge >= 0.3 is 0 Å². The number of aliphatic hydroxyl groups is 8. The Bertz CT molecular complexity index is 1670. The summed E-state index contributed by atoms with van der Waals surface area (Å²) in [4.78, 5) is 13.3. The predicted molar refractivity (Wildman–Crippen MR) is 350 cm³/mol. The Kier molecular flexibility index (Phi) is 52.6. The van der Waals surface area contributed by atoms with Crippen molar-refractivity contribution in [3.8, 4) is 0 Å². The number of amides is 1. The zero-order valence-electron chi connectivity index (χ0n) is 54.6. The fourth-order valence-corrected chi connectivity index (χ4v) is 11.5. The third-order valence-corrected chi connectivity index (χ3v) is 17.2. The molecular formula is C72H131NO13. The molecular weight excluding hydrogens is 1090 g/mol. The quantitative estimate of drug-likeness (QED) is 0.0204. The number of hydrogen-bond donors (Lipinski definition) is 9. The number of carbonyl (C=O) groups is 1. The maximum absolute atomic E-state index is 13.3. The molecule has 0 aliphatic carbocycles. The van der Waals surface area contributed by atoms with E-state index in [0.717, 1.165) is 44.9 Å². The highest BCUT2D eigenvalue weighted by Crippen LogP contribution is 2.30. The SMILES string of the molecule is CCCCCCC/C=C\C/C=C\C/C=C\CCCCCCCCCCCCCCCCCCCCCCCCC(=O)NC(COC1OC(CO)C(OC2OC(CO)C(O)C(O)C2O)C(O)C1O)C(O)/C=C/CC/C=C/CCCCCCCCCCC. The summed E-state index contributed by atoms with van der Waals surface area (Å²) in [6, 6.07) is -0.931. The van der Waals surface area contributed by atoms with Gasteiger partial charge in [0.05, 0.1) is 32.0 Å². The van der Waals surface area contributed by atoms with Crippen LogP contribution in [0.25, 0.3) is 0 Å². The molecule has 12 atom stereocenters. The Balaban J connectivity index is 1.59. The molecule has 0 saturated carbocycles. The molecule has 0 bridgehead atoms. The van der Waals surface area contributed by atoms with Gasteiger partial charge in [-0.25, -0.2) is 0 Å². The number of unbranched alkanes of at least 4 members (excludes halogenated alkanes) is 37. The summed E-state index contributed by atoms with van der Waals surface area (Å²) in [6.45, 7) is 2.78. The number of aliphatic hydroxyl groups excluding tert-OH is 8. The highest BCUT2D eigenvalue weighted by Gasteiger charge is 2.51. The number of ether oxygens (including phenoxy) is 4. The standard InChI is InChI=1S/C72H131NO13/c1-3-5-7-9-11-13-15-17-19-20-21-22-23-24-25-26-27-28-29-30-31-32-33-34-35-36-37-38-39-40-42-44-46-48-50-52-54-56-64(77)73-60(61(76)55-53-51-49-47-45-43-41-18-16-14-12-10-8-6-4-2)59-83-71-69(82)67(80)70(63(58-75)85-71)86-72-68(81)66(79)65(78)62(57-74)84-72/h15,17,20-21,23-24,45,47,53,55,60-63,65-72,74-76,78-82H,3-14,16,18-19,22,25-44,46,48-52,54,56-59H2,1-2H3,(H,73,77)/b17-15-,21-20-,24-23-,47-45+,55-53+. The second-order valence-corrected chi connectivity index (χ2v) is 25.0. The molecule has 0 aromatic rings.